The standard InChI is InChI=1S/C31H33N3O4/c1-6-7-28(36)38-15-14-37-23-10-13-26(27(35)18-23)31-33-29(24-11-8-19(2)16-21(24)4)32-30(34-31)25-12-9-20(3)17-22(25)5/h8-13,16-18,35H,6-7,14-15H2,1-5H3. The average Bonchev–Trinajstić information content (AvgIpc) is 2.86. The number of hydrogen-bond donors (Lipinski definition) is 1. The minimum atomic E-state index is -0.247. The summed E-state index contributed by atoms with van der Waals surface area (Å²) in [7, 11) is 0. The number of benzene rings is 3. The van der Waals surface area contributed by atoms with E-state index in [1.807, 2.05) is 58.9 Å². The van der Waals surface area contributed by atoms with E-state index in [1.54, 1.807) is 12.1 Å². The maximum absolute atomic E-state index is 11.5. The number of esters is 1. The molecule has 0 radical (unpaired) electrons. The van der Waals surface area contributed by atoms with Crippen molar-refractivity contribution in [2.45, 2.75) is 47.5 Å². The van der Waals surface area contributed by atoms with Gasteiger partial charge in [-0.25, -0.2) is 15.0 Å². The molecule has 0 unspecified atom stereocenters. The van der Waals surface area contributed by atoms with Gasteiger partial charge in [0, 0.05) is 23.6 Å². The van der Waals surface area contributed by atoms with Crippen LogP contribution in [0.25, 0.3) is 34.2 Å². The largest absolute Gasteiger partial charge is 0.507 e. The summed E-state index contributed by atoms with van der Waals surface area (Å²) in [5, 5.41) is 10.9. The molecule has 3 aromatic carbocycles. The van der Waals surface area contributed by atoms with E-state index in [9.17, 15) is 9.90 Å². The van der Waals surface area contributed by atoms with Gasteiger partial charge in [0.25, 0.3) is 0 Å². The zero-order chi connectivity index (χ0) is 27.2. The van der Waals surface area contributed by atoms with Gasteiger partial charge in [0.05, 0.1) is 5.56 Å². The second-order valence-electron chi connectivity index (χ2n) is 9.44. The summed E-state index contributed by atoms with van der Waals surface area (Å²) in [6.45, 7) is 10.4. The minimum absolute atomic E-state index is 0.0187. The number of aromatic hydroxyl groups is 1. The molecule has 0 aliphatic rings. The fraction of sp³-hybridized carbons (Fsp3) is 0.290. The second kappa shape index (κ2) is 11.9. The van der Waals surface area contributed by atoms with E-state index in [4.69, 9.17) is 24.4 Å². The van der Waals surface area contributed by atoms with E-state index >= 15 is 0 Å². The maximum Gasteiger partial charge on any atom is 0.305 e. The molecule has 0 bridgehead atoms. The van der Waals surface area contributed by atoms with Crippen LogP contribution in [-0.2, 0) is 9.53 Å². The van der Waals surface area contributed by atoms with Gasteiger partial charge in [0.2, 0.25) is 0 Å². The summed E-state index contributed by atoms with van der Waals surface area (Å²) in [5.74, 6) is 1.63. The Bertz CT molecular complexity index is 1400. The molecule has 0 amide bonds. The first-order chi connectivity index (χ1) is 18.2. The maximum atomic E-state index is 11.5. The van der Waals surface area contributed by atoms with Gasteiger partial charge in [-0.3, -0.25) is 4.79 Å². The van der Waals surface area contributed by atoms with Crippen molar-refractivity contribution in [3.63, 3.8) is 0 Å². The monoisotopic (exact) mass is 511 g/mol. The van der Waals surface area contributed by atoms with Crippen LogP contribution in [-0.4, -0.2) is 39.2 Å². The number of phenolic OH excluding ortho intramolecular Hbond substituents is 1. The van der Waals surface area contributed by atoms with E-state index in [-0.39, 0.29) is 24.9 Å². The summed E-state index contributed by atoms with van der Waals surface area (Å²) < 4.78 is 10.8. The Labute approximate surface area is 223 Å². The van der Waals surface area contributed by atoms with Crippen LogP contribution in [0.3, 0.4) is 0 Å². The van der Waals surface area contributed by atoms with Crippen LogP contribution < -0.4 is 4.74 Å². The molecule has 196 valence electrons. The quantitative estimate of drug-likeness (QED) is 0.201. The Kier molecular flexibility index (Phi) is 8.36. The van der Waals surface area contributed by atoms with Gasteiger partial charge < -0.3 is 14.6 Å². The SMILES string of the molecule is CCCC(=O)OCCOc1ccc(-c2nc(-c3ccc(C)cc3C)nc(-c3ccc(C)cc3C)n2)c(O)c1. The molecule has 7 nitrogen and oxygen atoms in total. The summed E-state index contributed by atoms with van der Waals surface area (Å²) in [6, 6.07) is 17.3. The summed E-state index contributed by atoms with van der Waals surface area (Å²) in [5.41, 5.74) is 6.70. The van der Waals surface area contributed by atoms with Crippen molar-refractivity contribution in [1.29, 1.82) is 0 Å². The third-order valence-corrected chi connectivity index (χ3v) is 6.16. The van der Waals surface area contributed by atoms with Gasteiger partial charge in [-0.05, 0) is 57.4 Å². The summed E-state index contributed by atoms with van der Waals surface area (Å²) in [6.07, 6.45) is 1.12. The lowest BCUT2D eigenvalue weighted by atomic mass is 10.0. The number of nitrogens with zero attached hydrogens (tertiary/aromatic N) is 3. The Hall–Kier alpha value is -4.26. The minimum Gasteiger partial charge on any atom is -0.507 e. The van der Waals surface area contributed by atoms with Crippen LogP contribution in [0.4, 0.5) is 0 Å². The lowest BCUT2D eigenvalue weighted by Gasteiger charge is -2.13. The topological polar surface area (TPSA) is 94.4 Å². The predicted octanol–water partition coefficient (Wildman–Crippen LogP) is 6.53. The molecule has 0 aliphatic carbocycles. The summed E-state index contributed by atoms with van der Waals surface area (Å²) in [4.78, 5) is 25.9. The number of rotatable bonds is 9. The van der Waals surface area contributed by atoms with Crippen LogP contribution in [0, 0.1) is 27.7 Å². The highest BCUT2D eigenvalue weighted by Gasteiger charge is 2.17. The molecule has 0 spiro atoms. The number of carbonyl (C=O) groups is 1. The number of hydrogen-bond acceptors (Lipinski definition) is 7. The Balaban J connectivity index is 1.69. The van der Waals surface area contributed by atoms with Gasteiger partial charge in [-0.1, -0.05) is 54.4 Å². The number of ether oxygens (including phenoxy) is 2. The fourth-order valence-electron chi connectivity index (χ4n) is 4.25. The number of aryl methyl sites for hydroxylation is 4. The van der Waals surface area contributed by atoms with Crippen LogP contribution in [0.15, 0.2) is 54.6 Å². The molecule has 1 N–H and O–H groups in total. The number of phenols is 1. The van der Waals surface area contributed by atoms with Crippen molar-refractivity contribution >= 4 is 5.97 Å². The first-order valence-electron chi connectivity index (χ1n) is 12.8. The molecule has 0 aliphatic heterocycles. The smallest absolute Gasteiger partial charge is 0.305 e. The predicted molar refractivity (Wildman–Crippen MR) is 148 cm³/mol. The first-order valence-corrected chi connectivity index (χ1v) is 12.8. The van der Waals surface area contributed by atoms with Gasteiger partial charge in [-0.15, -0.1) is 0 Å². The molecular formula is C31H33N3O4. The van der Waals surface area contributed by atoms with Crippen molar-refractivity contribution in [1.82, 2.24) is 15.0 Å². The van der Waals surface area contributed by atoms with Crippen LogP contribution in [0.5, 0.6) is 11.5 Å². The number of aromatic nitrogens is 3. The van der Waals surface area contributed by atoms with E-state index < -0.39 is 0 Å². The fourth-order valence-corrected chi connectivity index (χ4v) is 4.25. The van der Waals surface area contributed by atoms with Gasteiger partial charge in [0.15, 0.2) is 17.5 Å². The molecule has 7 heteroatoms. The highest BCUT2D eigenvalue weighted by molar-refractivity contribution is 5.72. The van der Waals surface area contributed by atoms with E-state index in [0.29, 0.717) is 35.2 Å². The molecule has 0 fully saturated rings. The second-order valence-corrected chi connectivity index (χ2v) is 9.44. The van der Waals surface area contributed by atoms with Crippen molar-refractivity contribution in [2.24, 2.45) is 0 Å². The molecule has 4 aromatic rings. The lowest BCUT2D eigenvalue weighted by molar-refractivity contribution is -0.144. The van der Waals surface area contributed by atoms with E-state index in [1.165, 1.54) is 6.07 Å². The van der Waals surface area contributed by atoms with Crippen molar-refractivity contribution in [2.75, 3.05) is 13.2 Å². The van der Waals surface area contributed by atoms with E-state index in [2.05, 4.69) is 12.1 Å². The summed E-state index contributed by atoms with van der Waals surface area (Å²) >= 11 is 0. The average molecular weight is 512 g/mol. The highest BCUT2D eigenvalue weighted by Crippen LogP contribution is 2.34. The van der Waals surface area contributed by atoms with Crippen LogP contribution >= 0.6 is 0 Å². The lowest BCUT2D eigenvalue weighted by Crippen LogP contribution is -2.11. The van der Waals surface area contributed by atoms with Crippen LogP contribution in [0.1, 0.15) is 42.0 Å². The van der Waals surface area contributed by atoms with Crippen molar-refractivity contribution < 1.29 is 19.4 Å². The molecule has 0 saturated heterocycles. The van der Waals surface area contributed by atoms with E-state index in [0.717, 1.165) is 39.8 Å². The third-order valence-electron chi connectivity index (χ3n) is 6.16. The molecule has 4 rings (SSSR count). The molecule has 1 heterocycles. The van der Waals surface area contributed by atoms with Crippen molar-refractivity contribution in [3.8, 4) is 45.7 Å². The molecular weight excluding hydrogens is 478 g/mol. The highest BCUT2D eigenvalue weighted by atomic mass is 16.6. The number of carbonyl (C=O) groups excluding carboxylic acids is 1. The molecule has 1 aromatic heterocycles. The molecule has 0 atom stereocenters. The zero-order valence-corrected chi connectivity index (χ0v) is 22.5. The molecule has 0 saturated carbocycles. The Morgan fingerprint density at radius 3 is 1.76 bits per heavy atom. The Morgan fingerprint density at radius 2 is 1.26 bits per heavy atom. The Morgan fingerprint density at radius 1 is 0.737 bits per heavy atom. The van der Waals surface area contributed by atoms with Gasteiger partial charge in [0.1, 0.15) is 24.7 Å². The van der Waals surface area contributed by atoms with Crippen molar-refractivity contribution in [3.05, 3.63) is 76.9 Å². The van der Waals surface area contributed by atoms with Gasteiger partial charge >= 0.3 is 5.97 Å². The zero-order valence-electron chi connectivity index (χ0n) is 22.5. The first kappa shape index (κ1) is 26.8. The van der Waals surface area contributed by atoms with Crippen LogP contribution in [0.2, 0.25) is 0 Å². The molecule has 38 heavy (non-hydrogen) atoms. The van der Waals surface area contributed by atoms with Gasteiger partial charge in [-0.2, -0.15) is 0 Å². The normalized spacial score (nSPS) is 10.9. The third kappa shape index (κ3) is 6.35.